The van der Waals surface area contributed by atoms with E-state index in [1.165, 1.54) is 6.07 Å². The third-order valence-corrected chi connectivity index (χ3v) is 3.48. The second-order valence-electron chi connectivity index (χ2n) is 4.27. The van der Waals surface area contributed by atoms with Crippen molar-refractivity contribution >= 4 is 15.9 Å². The lowest BCUT2D eigenvalue weighted by atomic mass is 10.0. The Balaban J connectivity index is 2.08. The highest BCUT2D eigenvalue weighted by atomic mass is 79.9. The van der Waals surface area contributed by atoms with Gasteiger partial charge in [-0.15, -0.1) is 0 Å². The number of rotatable bonds is 3. The van der Waals surface area contributed by atoms with E-state index in [0.717, 1.165) is 31.2 Å². The van der Waals surface area contributed by atoms with Crippen molar-refractivity contribution in [3.05, 3.63) is 28.0 Å². The van der Waals surface area contributed by atoms with Gasteiger partial charge in [-0.3, -0.25) is 0 Å². The van der Waals surface area contributed by atoms with E-state index in [-0.39, 0.29) is 11.3 Å². The van der Waals surface area contributed by atoms with E-state index in [4.69, 9.17) is 5.73 Å². The molecular formula is C11H13BrFNO. The number of halogens is 2. The molecule has 1 fully saturated rings. The monoisotopic (exact) mass is 273 g/mol. The number of aryl methyl sites for hydroxylation is 1. The molecule has 3 N–H and O–H groups in total. The Labute approximate surface area is 96.4 Å². The number of nitrogens with two attached hydrogens (primary N) is 1. The minimum atomic E-state index is -0.582. The quantitative estimate of drug-likeness (QED) is 0.890. The molecule has 82 valence electrons. The van der Waals surface area contributed by atoms with Crippen molar-refractivity contribution in [2.75, 3.05) is 0 Å². The first-order valence-corrected chi connectivity index (χ1v) is 5.75. The molecule has 4 heteroatoms. The van der Waals surface area contributed by atoms with E-state index in [1.807, 2.05) is 0 Å². The molecule has 0 amide bonds. The summed E-state index contributed by atoms with van der Waals surface area (Å²) < 4.78 is 13.6. The second-order valence-corrected chi connectivity index (χ2v) is 5.12. The fourth-order valence-electron chi connectivity index (χ4n) is 1.57. The maximum atomic E-state index is 13.2. The fraction of sp³-hybridized carbons (Fsp3) is 0.455. The Bertz CT molecular complexity index is 367. The highest BCUT2D eigenvalue weighted by Crippen LogP contribution is 2.37. The second kappa shape index (κ2) is 3.76. The third-order valence-electron chi connectivity index (χ3n) is 2.88. The van der Waals surface area contributed by atoms with Gasteiger partial charge < -0.3 is 10.8 Å². The van der Waals surface area contributed by atoms with Crippen LogP contribution in [0.5, 0.6) is 5.75 Å². The molecule has 15 heavy (non-hydrogen) atoms. The van der Waals surface area contributed by atoms with Gasteiger partial charge in [0.2, 0.25) is 0 Å². The van der Waals surface area contributed by atoms with Crippen LogP contribution in [0.3, 0.4) is 0 Å². The standard InChI is InChI=1S/C11H13BrFNO/c12-8-5-7(6-9(13)10(8)15)1-2-11(14)3-4-11/h5-6,15H,1-4,14H2. The lowest BCUT2D eigenvalue weighted by molar-refractivity contribution is 0.428. The van der Waals surface area contributed by atoms with Crippen LogP contribution in [0.1, 0.15) is 24.8 Å². The van der Waals surface area contributed by atoms with Crippen LogP contribution >= 0.6 is 15.9 Å². The Morgan fingerprint density at radius 2 is 2.13 bits per heavy atom. The van der Waals surface area contributed by atoms with Gasteiger partial charge in [0.05, 0.1) is 4.47 Å². The Kier molecular flexibility index (Phi) is 2.73. The molecular weight excluding hydrogens is 261 g/mol. The van der Waals surface area contributed by atoms with Crippen LogP contribution in [0.15, 0.2) is 16.6 Å². The highest BCUT2D eigenvalue weighted by Gasteiger charge is 2.37. The molecule has 0 aromatic heterocycles. The summed E-state index contributed by atoms with van der Waals surface area (Å²) in [6, 6.07) is 3.11. The van der Waals surface area contributed by atoms with Crippen molar-refractivity contribution in [1.29, 1.82) is 0 Å². The van der Waals surface area contributed by atoms with Crippen molar-refractivity contribution in [1.82, 2.24) is 0 Å². The van der Waals surface area contributed by atoms with E-state index < -0.39 is 5.82 Å². The van der Waals surface area contributed by atoms with Gasteiger partial charge in [0, 0.05) is 5.54 Å². The van der Waals surface area contributed by atoms with E-state index in [1.54, 1.807) is 6.07 Å². The molecule has 2 nitrogen and oxygen atoms in total. The van der Waals surface area contributed by atoms with Crippen LogP contribution in [0.2, 0.25) is 0 Å². The van der Waals surface area contributed by atoms with Crippen molar-refractivity contribution in [2.45, 2.75) is 31.2 Å². The van der Waals surface area contributed by atoms with Crippen LogP contribution in [0.25, 0.3) is 0 Å². The van der Waals surface area contributed by atoms with Gasteiger partial charge >= 0.3 is 0 Å². The largest absolute Gasteiger partial charge is 0.504 e. The molecule has 0 spiro atoms. The molecule has 0 atom stereocenters. The van der Waals surface area contributed by atoms with Gasteiger partial charge in [-0.1, -0.05) is 0 Å². The van der Waals surface area contributed by atoms with Gasteiger partial charge in [0.25, 0.3) is 0 Å². The van der Waals surface area contributed by atoms with Crippen molar-refractivity contribution in [2.24, 2.45) is 5.73 Å². The van der Waals surface area contributed by atoms with Crippen molar-refractivity contribution in [3.8, 4) is 5.75 Å². The maximum absolute atomic E-state index is 13.2. The average molecular weight is 274 g/mol. The van der Waals surface area contributed by atoms with Crippen molar-refractivity contribution < 1.29 is 9.50 Å². The molecule has 2 rings (SSSR count). The smallest absolute Gasteiger partial charge is 0.166 e. The third kappa shape index (κ3) is 2.49. The predicted molar refractivity (Wildman–Crippen MR) is 60.2 cm³/mol. The summed E-state index contributed by atoms with van der Waals surface area (Å²) in [6.45, 7) is 0. The molecule has 0 radical (unpaired) electrons. The van der Waals surface area contributed by atoms with Crippen LogP contribution in [0, 0.1) is 5.82 Å². The minimum Gasteiger partial charge on any atom is -0.504 e. The summed E-state index contributed by atoms with van der Waals surface area (Å²) in [5.41, 5.74) is 6.80. The summed E-state index contributed by atoms with van der Waals surface area (Å²) >= 11 is 3.11. The zero-order valence-electron chi connectivity index (χ0n) is 8.26. The number of benzene rings is 1. The van der Waals surface area contributed by atoms with E-state index >= 15 is 0 Å². The van der Waals surface area contributed by atoms with Crippen LogP contribution < -0.4 is 5.73 Å². The molecule has 1 aromatic carbocycles. The number of hydrogen-bond donors (Lipinski definition) is 2. The summed E-state index contributed by atoms with van der Waals surface area (Å²) in [5, 5.41) is 9.22. The van der Waals surface area contributed by atoms with E-state index in [9.17, 15) is 9.50 Å². The summed E-state index contributed by atoms with van der Waals surface area (Å²) in [5.74, 6) is -0.908. The molecule has 1 saturated carbocycles. The van der Waals surface area contributed by atoms with Crippen LogP contribution in [0.4, 0.5) is 4.39 Å². The minimum absolute atomic E-state index is 0.0131. The van der Waals surface area contributed by atoms with E-state index in [2.05, 4.69) is 15.9 Å². The summed E-state index contributed by atoms with van der Waals surface area (Å²) in [4.78, 5) is 0. The van der Waals surface area contributed by atoms with Gasteiger partial charge in [-0.25, -0.2) is 4.39 Å². The first kappa shape index (κ1) is 10.9. The Morgan fingerprint density at radius 1 is 1.47 bits per heavy atom. The normalized spacial score (nSPS) is 17.8. The molecule has 0 bridgehead atoms. The molecule has 0 aliphatic heterocycles. The predicted octanol–water partition coefficient (Wildman–Crippen LogP) is 2.72. The molecule has 1 aliphatic carbocycles. The number of phenols is 1. The number of phenolic OH excluding ortho intramolecular Hbond substituents is 1. The SMILES string of the molecule is NC1(CCc2cc(F)c(O)c(Br)c2)CC1. The van der Waals surface area contributed by atoms with Gasteiger partial charge in [0.1, 0.15) is 0 Å². The first-order valence-electron chi connectivity index (χ1n) is 4.96. The van der Waals surface area contributed by atoms with Gasteiger partial charge in [-0.05, 0) is 59.3 Å². The lowest BCUT2D eigenvalue weighted by Gasteiger charge is -2.09. The number of hydrogen-bond acceptors (Lipinski definition) is 2. The zero-order chi connectivity index (χ0) is 11.1. The molecule has 1 aromatic rings. The summed E-state index contributed by atoms with van der Waals surface area (Å²) in [7, 11) is 0. The Morgan fingerprint density at radius 3 is 2.67 bits per heavy atom. The molecule has 1 aliphatic rings. The first-order chi connectivity index (χ1) is 7.00. The maximum Gasteiger partial charge on any atom is 0.166 e. The summed E-state index contributed by atoms with van der Waals surface area (Å²) in [6.07, 6.45) is 3.76. The van der Waals surface area contributed by atoms with Crippen LogP contribution in [-0.2, 0) is 6.42 Å². The fourth-order valence-corrected chi connectivity index (χ4v) is 2.05. The molecule has 0 heterocycles. The van der Waals surface area contributed by atoms with Gasteiger partial charge in [0.15, 0.2) is 11.6 Å². The van der Waals surface area contributed by atoms with E-state index in [0.29, 0.717) is 4.47 Å². The topological polar surface area (TPSA) is 46.2 Å². The molecule has 0 saturated heterocycles. The highest BCUT2D eigenvalue weighted by molar-refractivity contribution is 9.10. The van der Waals surface area contributed by atoms with Gasteiger partial charge in [-0.2, -0.15) is 0 Å². The zero-order valence-corrected chi connectivity index (χ0v) is 9.85. The Hall–Kier alpha value is -0.610. The van der Waals surface area contributed by atoms with Crippen LogP contribution in [-0.4, -0.2) is 10.6 Å². The van der Waals surface area contributed by atoms with Crippen molar-refractivity contribution in [3.63, 3.8) is 0 Å². The lowest BCUT2D eigenvalue weighted by Crippen LogP contribution is -2.22. The average Bonchev–Trinajstić information content (AvgIpc) is 2.90. The number of aromatic hydroxyl groups is 1. The molecule has 0 unspecified atom stereocenters.